The first-order chi connectivity index (χ1) is 10.6. The second kappa shape index (κ2) is 6.03. The van der Waals surface area contributed by atoms with Crippen molar-refractivity contribution < 1.29 is 9.53 Å². The Kier molecular flexibility index (Phi) is 3.94. The fourth-order valence-corrected chi connectivity index (χ4v) is 2.33. The van der Waals surface area contributed by atoms with Crippen LogP contribution in [0.4, 0.5) is 0 Å². The van der Waals surface area contributed by atoms with Gasteiger partial charge in [-0.2, -0.15) is 5.10 Å². The zero-order valence-electron chi connectivity index (χ0n) is 11.9. The Labute approximate surface area is 132 Å². The van der Waals surface area contributed by atoms with Gasteiger partial charge < -0.3 is 4.74 Å². The molecule has 0 aliphatic heterocycles. The van der Waals surface area contributed by atoms with E-state index in [1.165, 1.54) is 13.1 Å². The first kappa shape index (κ1) is 14.4. The summed E-state index contributed by atoms with van der Waals surface area (Å²) in [5, 5.41) is 4.88. The molecule has 5 heteroatoms. The van der Waals surface area contributed by atoms with Crippen molar-refractivity contribution in [1.82, 2.24) is 9.78 Å². The summed E-state index contributed by atoms with van der Waals surface area (Å²) in [5.41, 5.74) is 3.00. The van der Waals surface area contributed by atoms with Crippen molar-refractivity contribution in [2.45, 2.75) is 6.92 Å². The highest BCUT2D eigenvalue weighted by Crippen LogP contribution is 2.24. The molecule has 22 heavy (non-hydrogen) atoms. The van der Waals surface area contributed by atoms with Gasteiger partial charge in [-0.25, -0.2) is 4.68 Å². The summed E-state index contributed by atoms with van der Waals surface area (Å²) in [7, 11) is 0. The van der Waals surface area contributed by atoms with Crippen LogP contribution in [0.2, 0.25) is 5.02 Å². The molecule has 0 saturated heterocycles. The van der Waals surface area contributed by atoms with Crippen molar-refractivity contribution >= 4 is 17.6 Å². The quantitative estimate of drug-likeness (QED) is 0.683. The lowest BCUT2D eigenvalue weighted by molar-refractivity contribution is -0.131. The molecule has 0 bridgehead atoms. The number of halogens is 1. The van der Waals surface area contributed by atoms with Crippen molar-refractivity contribution in [3.8, 4) is 22.6 Å². The number of aromatic nitrogens is 2. The number of esters is 1. The van der Waals surface area contributed by atoms with E-state index in [0.29, 0.717) is 10.8 Å². The topological polar surface area (TPSA) is 44.1 Å². The smallest absolute Gasteiger partial charge is 0.308 e. The molecule has 3 aromatic rings. The third-order valence-corrected chi connectivity index (χ3v) is 3.35. The van der Waals surface area contributed by atoms with Crippen LogP contribution in [-0.2, 0) is 4.79 Å². The van der Waals surface area contributed by atoms with Crippen molar-refractivity contribution in [3.63, 3.8) is 0 Å². The Morgan fingerprint density at radius 2 is 1.91 bits per heavy atom. The molecule has 0 aliphatic carbocycles. The van der Waals surface area contributed by atoms with Gasteiger partial charge in [0.05, 0.1) is 18.1 Å². The van der Waals surface area contributed by atoms with E-state index < -0.39 is 0 Å². The molecule has 4 nitrogen and oxygen atoms in total. The van der Waals surface area contributed by atoms with Gasteiger partial charge in [-0.05, 0) is 35.4 Å². The van der Waals surface area contributed by atoms with Crippen LogP contribution in [0.25, 0.3) is 16.8 Å². The van der Waals surface area contributed by atoms with E-state index in [9.17, 15) is 4.79 Å². The molecule has 2 aromatic carbocycles. The van der Waals surface area contributed by atoms with Crippen LogP contribution in [0.1, 0.15) is 6.92 Å². The van der Waals surface area contributed by atoms with Crippen LogP contribution >= 0.6 is 11.6 Å². The zero-order chi connectivity index (χ0) is 15.5. The van der Waals surface area contributed by atoms with Crippen molar-refractivity contribution in [2.24, 2.45) is 0 Å². The molecule has 0 radical (unpaired) electrons. The molecule has 0 aliphatic rings. The normalized spacial score (nSPS) is 10.5. The first-order valence-corrected chi connectivity index (χ1v) is 7.09. The Morgan fingerprint density at radius 1 is 1.14 bits per heavy atom. The van der Waals surface area contributed by atoms with Gasteiger partial charge in [0.15, 0.2) is 5.75 Å². The van der Waals surface area contributed by atoms with Gasteiger partial charge >= 0.3 is 5.97 Å². The summed E-state index contributed by atoms with van der Waals surface area (Å²) in [4.78, 5) is 10.9. The van der Waals surface area contributed by atoms with Crippen molar-refractivity contribution in [3.05, 3.63) is 65.9 Å². The maximum atomic E-state index is 10.9. The minimum Gasteiger partial charge on any atom is -0.423 e. The third-order valence-electron chi connectivity index (χ3n) is 3.11. The molecule has 0 unspecified atom stereocenters. The highest BCUT2D eigenvalue weighted by atomic mass is 35.5. The number of hydrogen-bond donors (Lipinski definition) is 0. The standard InChI is InChI=1S/C17H13ClN2O2/c1-12(21)22-17-10-19-20(11-17)16-7-5-13(6-8-16)14-3-2-4-15(18)9-14/h2-11H,1H3. The lowest BCUT2D eigenvalue weighted by Gasteiger charge is -2.05. The second-order valence-electron chi connectivity index (χ2n) is 4.77. The number of nitrogens with zero attached hydrogens (tertiary/aromatic N) is 2. The van der Waals surface area contributed by atoms with Crippen LogP contribution in [0, 0.1) is 0 Å². The predicted octanol–water partition coefficient (Wildman–Crippen LogP) is 4.12. The van der Waals surface area contributed by atoms with E-state index >= 15 is 0 Å². The molecule has 1 heterocycles. The number of benzene rings is 2. The summed E-state index contributed by atoms with van der Waals surface area (Å²) in [6, 6.07) is 15.6. The highest BCUT2D eigenvalue weighted by Gasteiger charge is 2.05. The number of carbonyl (C=O) groups excluding carboxylic acids is 1. The summed E-state index contributed by atoms with van der Waals surface area (Å²) < 4.78 is 6.64. The maximum Gasteiger partial charge on any atom is 0.308 e. The number of hydrogen-bond acceptors (Lipinski definition) is 3. The lowest BCUT2D eigenvalue weighted by atomic mass is 10.1. The Morgan fingerprint density at radius 3 is 2.59 bits per heavy atom. The fourth-order valence-electron chi connectivity index (χ4n) is 2.14. The monoisotopic (exact) mass is 312 g/mol. The largest absolute Gasteiger partial charge is 0.423 e. The summed E-state index contributed by atoms with van der Waals surface area (Å²) >= 11 is 6.01. The molecule has 110 valence electrons. The van der Waals surface area contributed by atoms with Crippen molar-refractivity contribution in [1.29, 1.82) is 0 Å². The lowest BCUT2D eigenvalue weighted by Crippen LogP contribution is -2.00. The van der Waals surface area contributed by atoms with Crippen LogP contribution in [0.3, 0.4) is 0 Å². The SMILES string of the molecule is CC(=O)Oc1cnn(-c2ccc(-c3cccc(Cl)c3)cc2)c1. The fraction of sp³-hybridized carbons (Fsp3) is 0.0588. The molecule has 0 atom stereocenters. The average molecular weight is 313 g/mol. The predicted molar refractivity (Wildman–Crippen MR) is 85.3 cm³/mol. The summed E-state index contributed by atoms with van der Waals surface area (Å²) in [5.74, 6) is 0.0577. The average Bonchev–Trinajstić information content (AvgIpc) is 2.95. The van der Waals surface area contributed by atoms with E-state index in [2.05, 4.69) is 5.10 Å². The maximum absolute atomic E-state index is 10.9. The van der Waals surface area contributed by atoms with Crippen molar-refractivity contribution in [2.75, 3.05) is 0 Å². The Bertz CT molecular complexity index is 810. The third kappa shape index (κ3) is 3.18. The minimum atomic E-state index is -0.365. The highest BCUT2D eigenvalue weighted by molar-refractivity contribution is 6.30. The molecule has 0 amide bonds. The van der Waals surface area contributed by atoms with Gasteiger partial charge in [-0.1, -0.05) is 35.9 Å². The van der Waals surface area contributed by atoms with Gasteiger partial charge in [-0.3, -0.25) is 4.79 Å². The van der Waals surface area contributed by atoms with Crippen LogP contribution < -0.4 is 4.74 Å². The summed E-state index contributed by atoms with van der Waals surface area (Å²) in [6.45, 7) is 1.36. The molecule has 3 rings (SSSR count). The van der Waals surface area contributed by atoms with Gasteiger partial charge in [-0.15, -0.1) is 0 Å². The molecule has 1 aromatic heterocycles. The number of ether oxygens (including phenoxy) is 1. The van der Waals surface area contributed by atoms with Crippen LogP contribution in [0.15, 0.2) is 60.9 Å². The van der Waals surface area contributed by atoms with Gasteiger partial charge in [0.1, 0.15) is 0 Å². The zero-order valence-corrected chi connectivity index (χ0v) is 12.6. The van der Waals surface area contributed by atoms with E-state index in [1.54, 1.807) is 10.9 Å². The number of rotatable bonds is 3. The molecule has 0 spiro atoms. The molecular weight excluding hydrogens is 300 g/mol. The number of carbonyl (C=O) groups is 1. The summed E-state index contributed by atoms with van der Waals surface area (Å²) in [6.07, 6.45) is 3.17. The van der Waals surface area contributed by atoms with Gasteiger partial charge in [0, 0.05) is 11.9 Å². The Hall–Kier alpha value is -2.59. The van der Waals surface area contributed by atoms with E-state index in [4.69, 9.17) is 16.3 Å². The van der Waals surface area contributed by atoms with Crippen LogP contribution in [0.5, 0.6) is 5.75 Å². The molecule has 0 N–H and O–H groups in total. The van der Waals surface area contributed by atoms with Crippen LogP contribution in [-0.4, -0.2) is 15.7 Å². The molecule has 0 saturated carbocycles. The molecular formula is C17H13ClN2O2. The van der Waals surface area contributed by atoms with E-state index in [-0.39, 0.29) is 5.97 Å². The Balaban J connectivity index is 1.85. The first-order valence-electron chi connectivity index (χ1n) is 6.71. The van der Waals surface area contributed by atoms with E-state index in [0.717, 1.165) is 16.8 Å². The second-order valence-corrected chi connectivity index (χ2v) is 5.21. The van der Waals surface area contributed by atoms with Gasteiger partial charge in [0.25, 0.3) is 0 Å². The van der Waals surface area contributed by atoms with E-state index in [1.807, 2.05) is 48.5 Å². The van der Waals surface area contributed by atoms with Gasteiger partial charge in [0.2, 0.25) is 0 Å². The molecule has 0 fully saturated rings. The minimum absolute atomic E-state index is 0.365.